The first-order chi connectivity index (χ1) is 19.4. The van der Waals surface area contributed by atoms with Crippen molar-refractivity contribution in [2.45, 2.75) is 17.5 Å². The molecule has 0 saturated carbocycles. The Morgan fingerprint density at radius 1 is 0.825 bits per heavy atom. The van der Waals surface area contributed by atoms with E-state index < -0.39 is 29.2 Å². The molecule has 1 N–H and O–H groups in total. The number of fused-ring (bicyclic) bond motifs is 6. The van der Waals surface area contributed by atoms with Gasteiger partial charge >= 0.3 is 0 Å². The fraction of sp³-hybridized carbons (Fsp3) is 0.121. The van der Waals surface area contributed by atoms with E-state index in [0.717, 1.165) is 15.7 Å². The minimum Gasteiger partial charge on any atom is -0.352 e. The summed E-state index contributed by atoms with van der Waals surface area (Å²) in [5.74, 6) is -2.56. The average molecular weight is 593 g/mol. The molecule has 4 aromatic rings. The average Bonchev–Trinajstić information content (AvgIpc) is 3.45. The highest BCUT2D eigenvalue weighted by Gasteiger charge is 2.70. The van der Waals surface area contributed by atoms with Crippen molar-refractivity contribution >= 4 is 50.9 Å². The second kappa shape index (κ2) is 9.10. The van der Waals surface area contributed by atoms with Crippen molar-refractivity contribution in [2.75, 3.05) is 10.2 Å². The molecule has 1 amide bonds. The minimum atomic E-state index is -1.40. The number of benzene rings is 4. The monoisotopic (exact) mass is 592 g/mol. The molecule has 1 fully saturated rings. The van der Waals surface area contributed by atoms with Gasteiger partial charge < -0.3 is 10.2 Å². The van der Waals surface area contributed by atoms with Gasteiger partial charge in [-0.3, -0.25) is 14.4 Å². The van der Waals surface area contributed by atoms with Crippen LogP contribution in [0.1, 0.15) is 31.8 Å². The smallest absolute Gasteiger partial charge is 0.238 e. The number of carbonyl (C=O) groups is 3. The van der Waals surface area contributed by atoms with E-state index in [-0.39, 0.29) is 23.0 Å². The van der Waals surface area contributed by atoms with Gasteiger partial charge in [0.25, 0.3) is 0 Å². The van der Waals surface area contributed by atoms with Gasteiger partial charge in [-0.2, -0.15) is 0 Å². The molecular formula is C33H22BrFN2O3. The molecule has 3 aliphatic rings. The number of ketones is 2. The number of nitrogens with zero attached hydrogens (tertiary/aromatic N) is 1. The molecule has 0 unspecified atom stereocenters. The normalized spacial score (nSPS) is 23.9. The van der Waals surface area contributed by atoms with Crippen molar-refractivity contribution in [2.24, 2.45) is 5.92 Å². The minimum absolute atomic E-state index is 0.244. The SMILES string of the molecule is O=C(c1ccc(Br)cc1)[C@@H]1[C@H](C(=O)c2ccc(F)cc2)[C@]2(C(=O)Nc3ccccc32)[C@H]2C=Cc3ccccc3N12. The zero-order chi connectivity index (χ0) is 27.6. The predicted octanol–water partition coefficient (Wildman–Crippen LogP) is 6.44. The van der Waals surface area contributed by atoms with Crippen LogP contribution in [0.3, 0.4) is 0 Å². The lowest BCUT2D eigenvalue weighted by Gasteiger charge is -2.37. The lowest BCUT2D eigenvalue weighted by Crippen LogP contribution is -2.51. The van der Waals surface area contributed by atoms with E-state index in [1.807, 2.05) is 65.6 Å². The number of anilines is 2. The zero-order valence-electron chi connectivity index (χ0n) is 21.1. The van der Waals surface area contributed by atoms with Gasteiger partial charge in [-0.25, -0.2) is 4.39 Å². The summed E-state index contributed by atoms with van der Waals surface area (Å²) in [6, 6.07) is 25.7. The third kappa shape index (κ3) is 3.40. The number of hydrogen-bond donors (Lipinski definition) is 1. The van der Waals surface area contributed by atoms with E-state index in [9.17, 15) is 18.8 Å². The quantitative estimate of drug-likeness (QED) is 0.277. The fourth-order valence-corrected chi connectivity index (χ4v) is 6.96. The lowest BCUT2D eigenvalue weighted by atomic mass is 9.64. The molecule has 1 spiro atoms. The van der Waals surface area contributed by atoms with E-state index in [0.29, 0.717) is 16.8 Å². The van der Waals surface area contributed by atoms with Gasteiger partial charge in [-0.15, -0.1) is 0 Å². The molecule has 0 radical (unpaired) electrons. The number of Topliss-reactive ketones (excluding diaryl/α,β-unsaturated/α-hetero) is 2. The Hall–Kier alpha value is -4.36. The van der Waals surface area contributed by atoms with Gasteiger partial charge in [0.15, 0.2) is 11.6 Å². The summed E-state index contributed by atoms with van der Waals surface area (Å²) in [4.78, 5) is 45.4. The number of nitrogens with one attached hydrogen (secondary N) is 1. The number of para-hydroxylation sites is 2. The molecule has 4 aromatic carbocycles. The van der Waals surface area contributed by atoms with Crippen molar-refractivity contribution < 1.29 is 18.8 Å². The molecule has 1 saturated heterocycles. The summed E-state index contributed by atoms with van der Waals surface area (Å²) >= 11 is 3.43. The molecule has 4 atom stereocenters. The predicted molar refractivity (Wildman–Crippen MR) is 155 cm³/mol. The molecule has 5 nitrogen and oxygen atoms in total. The van der Waals surface area contributed by atoms with Gasteiger partial charge in [-0.05, 0) is 59.7 Å². The van der Waals surface area contributed by atoms with Crippen LogP contribution in [0, 0.1) is 11.7 Å². The van der Waals surface area contributed by atoms with Gasteiger partial charge in [0.05, 0.1) is 12.0 Å². The highest BCUT2D eigenvalue weighted by atomic mass is 79.9. The van der Waals surface area contributed by atoms with Crippen LogP contribution < -0.4 is 10.2 Å². The molecule has 3 heterocycles. The highest BCUT2D eigenvalue weighted by molar-refractivity contribution is 9.10. The van der Waals surface area contributed by atoms with Crippen LogP contribution in [0.25, 0.3) is 6.08 Å². The van der Waals surface area contributed by atoms with Crippen molar-refractivity contribution in [3.63, 3.8) is 0 Å². The third-order valence-corrected chi connectivity index (χ3v) is 8.88. The summed E-state index contributed by atoms with van der Waals surface area (Å²) in [6.45, 7) is 0. The van der Waals surface area contributed by atoms with Crippen LogP contribution in [-0.4, -0.2) is 29.6 Å². The summed E-state index contributed by atoms with van der Waals surface area (Å²) in [5, 5.41) is 3.01. The summed E-state index contributed by atoms with van der Waals surface area (Å²) in [7, 11) is 0. The number of carbonyl (C=O) groups excluding carboxylic acids is 3. The Kier molecular flexibility index (Phi) is 5.61. The van der Waals surface area contributed by atoms with Crippen LogP contribution in [0.2, 0.25) is 0 Å². The number of halogens is 2. The largest absolute Gasteiger partial charge is 0.352 e. The second-order valence-electron chi connectivity index (χ2n) is 10.3. The Bertz CT molecular complexity index is 1730. The molecule has 0 aliphatic carbocycles. The molecule has 3 aliphatic heterocycles. The van der Waals surface area contributed by atoms with Crippen molar-refractivity contribution in [3.8, 4) is 0 Å². The van der Waals surface area contributed by atoms with Crippen LogP contribution in [0.4, 0.5) is 15.8 Å². The molecule has 0 aromatic heterocycles. The maximum absolute atomic E-state index is 14.6. The standard InChI is InChI=1S/C33H22BrFN2O3/c34-22-14-9-21(10-15-22)31(39)29-28(30(38)20-11-16-23(35)17-12-20)33(24-6-2-3-7-25(24)36-32(33)40)27-18-13-19-5-1-4-8-26(19)37(27)29/h1-18,27-29H,(H,36,40)/t27-,28-,29+,33-/m1/s1. The van der Waals surface area contributed by atoms with Crippen molar-refractivity contribution in [1.82, 2.24) is 0 Å². The Labute approximate surface area is 238 Å². The van der Waals surface area contributed by atoms with E-state index in [1.54, 1.807) is 24.3 Å². The molecule has 0 bridgehead atoms. The van der Waals surface area contributed by atoms with Gasteiger partial charge in [0, 0.05) is 27.0 Å². The molecular weight excluding hydrogens is 571 g/mol. The Morgan fingerprint density at radius 3 is 2.25 bits per heavy atom. The summed E-state index contributed by atoms with van der Waals surface area (Å²) in [5.41, 5.74) is 2.23. The second-order valence-corrected chi connectivity index (χ2v) is 11.2. The van der Waals surface area contributed by atoms with Crippen LogP contribution >= 0.6 is 15.9 Å². The first-order valence-corrected chi connectivity index (χ1v) is 13.8. The van der Waals surface area contributed by atoms with Crippen LogP contribution in [0.15, 0.2) is 108 Å². The molecule has 7 heteroatoms. The van der Waals surface area contributed by atoms with Gasteiger partial charge in [0.2, 0.25) is 5.91 Å². The number of amides is 1. The summed E-state index contributed by atoms with van der Waals surface area (Å²) < 4.78 is 14.7. The Balaban J connectivity index is 1.53. The fourth-order valence-electron chi connectivity index (χ4n) is 6.70. The van der Waals surface area contributed by atoms with Gasteiger partial charge in [0.1, 0.15) is 17.3 Å². The van der Waals surface area contributed by atoms with E-state index >= 15 is 0 Å². The van der Waals surface area contributed by atoms with Crippen molar-refractivity contribution in [1.29, 1.82) is 0 Å². The first-order valence-electron chi connectivity index (χ1n) is 13.0. The highest BCUT2D eigenvalue weighted by Crippen LogP contribution is 2.58. The molecule has 40 heavy (non-hydrogen) atoms. The third-order valence-electron chi connectivity index (χ3n) is 8.35. The molecule has 196 valence electrons. The Morgan fingerprint density at radius 2 is 1.48 bits per heavy atom. The van der Waals surface area contributed by atoms with Gasteiger partial charge in [-0.1, -0.05) is 76.6 Å². The van der Waals surface area contributed by atoms with Crippen molar-refractivity contribution in [3.05, 3.63) is 136 Å². The maximum Gasteiger partial charge on any atom is 0.238 e. The number of hydrogen-bond acceptors (Lipinski definition) is 4. The molecule has 7 rings (SSSR count). The van der Waals surface area contributed by atoms with E-state index in [4.69, 9.17) is 0 Å². The zero-order valence-corrected chi connectivity index (χ0v) is 22.6. The maximum atomic E-state index is 14.6. The summed E-state index contributed by atoms with van der Waals surface area (Å²) in [6.07, 6.45) is 3.89. The van der Waals surface area contributed by atoms with Crippen LogP contribution in [-0.2, 0) is 10.2 Å². The van der Waals surface area contributed by atoms with E-state index in [2.05, 4.69) is 21.2 Å². The topological polar surface area (TPSA) is 66.5 Å². The lowest BCUT2D eigenvalue weighted by molar-refractivity contribution is -0.121. The van der Waals surface area contributed by atoms with E-state index in [1.165, 1.54) is 24.3 Å². The van der Waals surface area contributed by atoms with Crippen LogP contribution in [0.5, 0.6) is 0 Å². The first kappa shape index (κ1) is 24.7. The number of rotatable bonds is 4.